The van der Waals surface area contributed by atoms with E-state index in [0.29, 0.717) is 18.2 Å². The maximum Gasteiger partial charge on any atom is 0.335 e. The SMILES string of the molecule is CC(C)CC(CO)NCc1cc(C(=O)O)ccn1. The number of aromatic nitrogens is 1. The lowest BCUT2D eigenvalue weighted by atomic mass is 10.0. The average Bonchev–Trinajstić information content (AvgIpc) is 2.34. The molecule has 1 aromatic rings. The molecule has 18 heavy (non-hydrogen) atoms. The molecule has 0 amide bonds. The predicted molar refractivity (Wildman–Crippen MR) is 68.4 cm³/mol. The molecule has 0 bridgehead atoms. The molecule has 1 rings (SSSR count). The van der Waals surface area contributed by atoms with Gasteiger partial charge in [-0.05, 0) is 24.5 Å². The predicted octanol–water partition coefficient (Wildman–Crippen LogP) is 1.28. The second kappa shape index (κ2) is 7.08. The Morgan fingerprint density at radius 1 is 1.50 bits per heavy atom. The maximum absolute atomic E-state index is 10.8. The standard InChI is InChI=1S/C13H20N2O3/c1-9(2)5-12(8-16)15-7-11-6-10(13(17)18)3-4-14-11/h3-4,6,9,12,15-16H,5,7-8H2,1-2H3,(H,17,18). The van der Waals surface area contributed by atoms with Crippen LogP contribution in [0.1, 0.15) is 36.3 Å². The number of pyridine rings is 1. The maximum atomic E-state index is 10.8. The van der Waals surface area contributed by atoms with Crippen LogP contribution in [0.5, 0.6) is 0 Å². The van der Waals surface area contributed by atoms with Crippen molar-refractivity contribution in [2.75, 3.05) is 6.61 Å². The fraction of sp³-hybridized carbons (Fsp3) is 0.538. The van der Waals surface area contributed by atoms with Gasteiger partial charge >= 0.3 is 5.97 Å². The van der Waals surface area contributed by atoms with Crippen molar-refractivity contribution in [2.45, 2.75) is 32.9 Å². The summed E-state index contributed by atoms with van der Waals surface area (Å²) in [5, 5.41) is 21.3. The Labute approximate surface area is 107 Å². The number of carboxylic acid groups (broad SMARTS) is 1. The third kappa shape index (κ3) is 4.81. The fourth-order valence-electron chi connectivity index (χ4n) is 1.75. The van der Waals surface area contributed by atoms with Crippen molar-refractivity contribution in [2.24, 2.45) is 5.92 Å². The number of hydrogen-bond donors (Lipinski definition) is 3. The van der Waals surface area contributed by atoms with Gasteiger partial charge in [0.05, 0.1) is 17.9 Å². The average molecular weight is 252 g/mol. The highest BCUT2D eigenvalue weighted by molar-refractivity contribution is 5.87. The zero-order valence-corrected chi connectivity index (χ0v) is 10.8. The number of hydrogen-bond acceptors (Lipinski definition) is 4. The van der Waals surface area contributed by atoms with Gasteiger partial charge in [-0.25, -0.2) is 4.79 Å². The van der Waals surface area contributed by atoms with Gasteiger partial charge in [0.15, 0.2) is 0 Å². The van der Waals surface area contributed by atoms with E-state index in [1.54, 1.807) is 6.07 Å². The van der Waals surface area contributed by atoms with Gasteiger partial charge in [-0.2, -0.15) is 0 Å². The van der Waals surface area contributed by atoms with Crippen LogP contribution >= 0.6 is 0 Å². The zero-order valence-electron chi connectivity index (χ0n) is 10.8. The van der Waals surface area contributed by atoms with Gasteiger partial charge in [0.1, 0.15) is 0 Å². The number of carboxylic acids is 1. The number of carbonyl (C=O) groups is 1. The summed E-state index contributed by atoms with van der Waals surface area (Å²) in [4.78, 5) is 14.9. The Bertz CT molecular complexity index is 394. The molecule has 0 saturated carbocycles. The molecule has 1 unspecified atom stereocenters. The smallest absolute Gasteiger partial charge is 0.335 e. The topological polar surface area (TPSA) is 82.5 Å². The summed E-state index contributed by atoms with van der Waals surface area (Å²) in [5.41, 5.74) is 0.892. The van der Waals surface area contributed by atoms with Gasteiger partial charge in [-0.1, -0.05) is 13.8 Å². The molecule has 0 saturated heterocycles. The minimum atomic E-state index is -0.959. The summed E-state index contributed by atoms with van der Waals surface area (Å²) in [6.45, 7) is 4.71. The number of rotatable bonds is 7. The van der Waals surface area contributed by atoms with Crippen LogP contribution in [0.2, 0.25) is 0 Å². The van der Waals surface area contributed by atoms with E-state index in [4.69, 9.17) is 5.11 Å². The minimum Gasteiger partial charge on any atom is -0.478 e. The van der Waals surface area contributed by atoms with E-state index >= 15 is 0 Å². The van der Waals surface area contributed by atoms with Crippen molar-refractivity contribution in [1.82, 2.24) is 10.3 Å². The largest absolute Gasteiger partial charge is 0.478 e. The van der Waals surface area contributed by atoms with E-state index in [1.165, 1.54) is 12.3 Å². The Hall–Kier alpha value is -1.46. The van der Waals surface area contributed by atoms with E-state index < -0.39 is 5.97 Å². The lowest BCUT2D eigenvalue weighted by molar-refractivity contribution is 0.0696. The lowest BCUT2D eigenvalue weighted by Crippen LogP contribution is -2.33. The Kier molecular flexibility index (Phi) is 5.74. The van der Waals surface area contributed by atoms with Crippen LogP contribution in [-0.4, -0.2) is 33.8 Å². The van der Waals surface area contributed by atoms with Crippen LogP contribution < -0.4 is 5.32 Å². The Morgan fingerprint density at radius 3 is 2.78 bits per heavy atom. The number of nitrogens with zero attached hydrogens (tertiary/aromatic N) is 1. The van der Waals surface area contributed by atoms with E-state index in [-0.39, 0.29) is 18.2 Å². The van der Waals surface area contributed by atoms with E-state index in [9.17, 15) is 9.90 Å². The van der Waals surface area contributed by atoms with Crippen molar-refractivity contribution in [3.63, 3.8) is 0 Å². The summed E-state index contributed by atoms with van der Waals surface area (Å²) >= 11 is 0. The van der Waals surface area contributed by atoms with Gasteiger partial charge in [0.25, 0.3) is 0 Å². The Morgan fingerprint density at radius 2 is 2.22 bits per heavy atom. The second-order valence-corrected chi connectivity index (χ2v) is 4.73. The van der Waals surface area contributed by atoms with Crippen molar-refractivity contribution < 1.29 is 15.0 Å². The second-order valence-electron chi connectivity index (χ2n) is 4.73. The van der Waals surface area contributed by atoms with Crippen LogP contribution in [-0.2, 0) is 6.54 Å². The molecule has 100 valence electrons. The molecule has 0 fully saturated rings. The van der Waals surface area contributed by atoms with Crippen LogP contribution in [0.25, 0.3) is 0 Å². The van der Waals surface area contributed by atoms with Gasteiger partial charge in [0, 0.05) is 18.8 Å². The molecule has 0 aliphatic rings. The number of aliphatic hydroxyl groups is 1. The van der Waals surface area contributed by atoms with E-state index in [1.807, 2.05) is 0 Å². The first-order chi connectivity index (χ1) is 8.52. The van der Waals surface area contributed by atoms with Crippen molar-refractivity contribution >= 4 is 5.97 Å². The molecule has 0 aliphatic carbocycles. The number of aliphatic hydroxyl groups excluding tert-OH is 1. The summed E-state index contributed by atoms with van der Waals surface area (Å²) < 4.78 is 0. The first kappa shape index (κ1) is 14.6. The molecule has 0 spiro atoms. The molecule has 1 atom stereocenters. The highest BCUT2D eigenvalue weighted by Crippen LogP contribution is 2.06. The normalized spacial score (nSPS) is 12.7. The van der Waals surface area contributed by atoms with Crippen LogP contribution in [0.15, 0.2) is 18.3 Å². The molecular weight excluding hydrogens is 232 g/mol. The zero-order chi connectivity index (χ0) is 13.5. The number of aromatic carboxylic acids is 1. The Balaban J connectivity index is 2.56. The lowest BCUT2D eigenvalue weighted by Gasteiger charge is -2.18. The third-order valence-corrected chi connectivity index (χ3v) is 2.61. The van der Waals surface area contributed by atoms with Gasteiger partial charge < -0.3 is 15.5 Å². The molecule has 1 heterocycles. The van der Waals surface area contributed by atoms with Crippen LogP contribution in [0, 0.1) is 5.92 Å². The monoisotopic (exact) mass is 252 g/mol. The van der Waals surface area contributed by atoms with Crippen LogP contribution in [0.4, 0.5) is 0 Å². The third-order valence-electron chi connectivity index (χ3n) is 2.61. The fourth-order valence-corrected chi connectivity index (χ4v) is 1.75. The van der Waals surface area contributed by atoms with Gasteiger partial charge in [0.2, 0.25) is 0 Å². The molecule has 0 aromatic carbocycles. The minimum absolute atomic E-state index is 0.0142. The van der Waals surface area contributed by atoms with Crippen molar-refractivity contribution in [1.29, 1.82) is 0 Å². The van der Waals surface area contributed by atoms with Gasteiger partial charge in [-0.3, -0.25) is 4.98 Å². The van der Waals surface area contributed by atoms with Gasteiger partial charge in [-0.15, -0.1) is 0 Å². The first-order valence-corrected chi connectivity index (χ1v) is 6.05. The highest BCUT2D eigenvalue weighted by Gasteiger charge is 2.10. The molecule has 0 radical (unpaired) electrons. The highest BCUT2D eigenvalue weighted by atomic mass is 16.4. The summed E-state index contributed by atoms with van der Waals surface area (Å²) in [6.07, 6.45) is 2.35. The van der Waals surface area contributed by atoms with Crippen molar-refractivity contribution in [3.05, 3.63) is 29.6 Å². The van der Waals surface area contributed by atoms with Crippen LogP contribution in [0.3, 0.4) is 0 Å². The molecule has 5 nitrogen and oxygen atoms in total. The summed E-state index contributed by atoms with van der Waals surface area (Å²) in [7, 11) is 0. The molecule has 0 aliphatic heterocycles. The summed E-state index contributed by atoms with van der Waals surface area (Å²) in [5.74, 6) is -0.465. The quantitative estimate of drug-likeness (QED) is 0.681. The molecule has 1 aromatic heterocycles. The van der Waals surface area contributed by atoms with E-state index in [0.717, 1.165) is 6.42 Å². The van der Waals surface area contributed by atoms with Crippen molar-refractivity contribution in [3.8, 4) is 0 Å². The summed E-state index contributed by atoms with van der Waals surface area (Å²) in [6, 6.07) is 3.02. The number of nitrogens with one attached hydrogen (secondary N) is 1. The first-order valence-electron chi connectivity index (χ1n) is 6.05. The molecule has 3 N–H and O–H groups in total. The molecule has 5 heteroatoms. The van der Waals surface area contributed by atoms with E-state index in [2.05, 4.69) is 24.1 Å². The molecular formula is C13H20N2O3.